The topological polar surface area (TPSA) is 55.1 Å². The third kappa shape index (κ3) is 2.38. The molecule has 0 spiro atoms. The summed E-state index contributed by atoms with van der Waals surface area (Å²) in [4.78, 5) is 11.2. The average Bonchev–Trinajstić information content (AvgIpc) is 2.75. The number of amides is 1. The Bertz CT molecular complexity index is 200. The average molecular weight is 200 g/mol. The lowest BCUT2D eigenvalue weighted by Crippen LogP contribution is -2.47. The van der Waals surface area contributed by atoms with Crippen LogP contribution in [0.4, 0.5) is 0 Å². The minimum Gasteiger partial charge on any atom is -0.368 e. The summed E-state index contributed by atoms with van der Waals surface area (Å²) >= 11 is 1.93. The summed E-state index contributed by atoms with van der Waals surface area (Å²) in [5, 5.41) is 3.34. The third-order valence-corrected chi connectivity index (χ3v) is 3.92. The Kier molecular flexibility index (Phi) is 2.79. The molecular formula is C9H16N2OS. The highest BCUT2D eigenvalue weighted by Crippen LogP contribution is 2.28. The van der Waals surface area contributed by atoms with Gasteiger partial charge in [0.2, 0.25) is 5.91 Å². The van der Waals surface area contributed by atoms with Gasteiger partial charge in [-0.25, -0.2) is 0 Å². The molecule has 1 heterocycles. The van der Waals surface area contributed by atoms with E-state index in [1.165, 1.54) is 18.6 Å². The Labute approximate surface area is 82.8 Å². The first-order chi connectivity index (χ1) is 6.27. The van der Waals surface area contributed by atoms with Crippen LogP contribution in [-0.2, 0) is 4.79 Å². The van der Waals surface area contributed by atoms with Crippen molar-refractivity contribution in [2.75, 3.05) is 11.5 Å². The second-order valence-electron chi connectivity index (χ2n) is 3.94. The second kappa shape index (κ2) is 3.88. The molecule has 1 amide bonds. The predicted molar refractivity (Wildman–Crippen MR) is 54.6 cm³/mol. The van der Waals surface area contributed by atoms with Crippen LogP contribution in [0.5, 0.6) is 0 Å². The van der Waals surface area contributed by atoms with Crippen LogP contribution in [0.15, 0.2) is 0 Å². The minimum absolute atomic E-state index is 0.0671. The summed E-state index contributed by atoms with van der Waals surface area (Å²) in [6, 6.07) is 0.505. The van der Waals surface area contributed by atoms with E-state index in [0.29, 0.717) is 12.0 Å². The van der Waals surface area contributed by atoms with Gasteiger partial charge in [-0.2, -0.15) is 11.8 Å². The van der Waals surface area contributed by atoms with Crippen LogP contribution >= 0.6 is 11.8 Å². The minimum atomic E-state index is -0.167. The van der Waals surface area contributed by atoms with E-state index in [1.807, 2.05) is 11.8 Å². The molecule has 0 aromatic rings. The van der Waals surface area contributed by atoms with Gasteiger partial charge in [0.05, 0.1) is 6.04 Å². The van der Waals surface area contributed by atoms with Crippen LogP contribution in [0, 0.1) is 5.92 Å². The van der Waals surface area contributed by atoms with Crippen molar-refractivity contribution in [1.29, 1.82) is 0 Å². The molecular weight excluding hydrogens is 184 g/mol. The Morgan fingerprint density at radius 2 is 2.23 bits per heavy atom. The van der Waals surface area contributed by atoms with Crippen molar-refractivity contribution in [3.05, 3.63) is 0 Å². The van der Waals surface area contributed by atoms with Crippen molar-refractivity contribution in [1.82, 2.24) is 5.32 Å². The summed E-state index contributed by atoms with van der Waals surface area (Å²) in [5.41, 5.74) is 5.38. The molecule has 0 aromatic heterocycles. The predicted octanol–water partition coefficient (Wildman–Crippen LogP) is 0.345. The Hall–Kier alpha value is -0.220. The van der Waals surface area contributed by atoms with E-state index in [2.05, 4.69) is 5.32 Å². The highest BCUT2D eigenvalue weighted by molar-refractivity contribution is 7.99. The smallest absolute Gasteiger partial charge is 0.234 e. The molecule has 0 bridgehead atoms. The first-order valence-corrected chi connectivity index (χ1v) is 6.06. The Morgan fingerprint density at radius 1 is 1.46 bits per heavy atom. The molecule has 1 saturated heterocycles. The van der Waals surface area contributed by atoms with Gasteiger partial charge in [0.1, 0.15) is 0 Å². The number of primary amides is 1. The molecule has 1 aliphatic heterocycles. The molecule has 3 N–H and O–H groups in total. The largest absolute Gasteiger partial charge is 0.368 e. The zero-order valence-electron chi connectivity index (χ0n) is 7.66. The van der Waals surface area contributed by atoms with Gasteiger partial charge >= 0.3 is 0 Å². The summed E-state index contributed by atoms with van der Waals surface area (Å²) < 4.78 is 0. The van der Waals surface area contributed by atoms with Gasteiger partial charge < -0.3 is 11.1 Å². The molecule has 1 saturated carbocycles. The van der Waals surface area contributed by atoms with Crippen LogP contribution < -0.4 is 11.1 Å². The zero-order valence-corrected chi connectivity index (χ0v) is 8.48. The third-order valence-electron chi connectivity index (χ3n) is 2.74. The van der Waals surface area contributed by atoms with Crippen LogP contribution in [0.2, 0.25) is 0 Å². The van der Waals surface area contributed by atoms with Gasteiger partial charge in [0.25, 0.3) is 0 Å². The van der Waals surface area contributed by atoms with Gasteiger partial charge in [-0.05, 0) is 36.7 Å². The number of nitrogens with one attached hydrogen (secondary N) is 1. The highest BCUT2D eigenvalue weighted by Gasteiger charge is 2.34. The zero-order chi connectivity index (χ0) is 9.26. The van der Waals surface area contributed by atoms with E-state index in [1.54, 1.807) is 0 Å². The van der Waals surface area contributed by atoms with E-state index in [4.69, 9.17) is 5.73 Å². The van der Waals surface area contributed by atoms with Crippen molar-refractivity contribution in [3.63, 3.8) is 0 Å². The molecule has 4 heteroatoms. The van der Waals surface area contributed by atoms with E-state index < -0.39 is 0 Å². The standard InChI is InChI=1S/C9H16N2OS/c10-9(12)8(11-7-1-2-7)6-3-4-13-5-6/h6-8,11H,1-5H2,(H2,10,12). The Balaban J connectivity index is 1.90. The molecule has 0 radical (unpaired) electrons. The molecule has 0 aromatic carbocycles. The molecule has 2 atom stereocenters. The fourth-order valence-electron chi connectivity index (χ4n) is 1.77. The summed E-state index contributed by atoms with van der Waals surface area (Å²) in [6.07, 6.45) is 3.56. The molecule has 2 fully saturated rings. The van der Waals surface area contributed by atoms with Crippen LogP contribution in [0.3, 0.4) is 0 Å². The van der Waals surface area contributed by atoms with E-state index in [9.17, 15) is 4.79 Å². The number of hydrogen-bond acceptors (Lipinski definition) is 3. The molecule has 2 aliphatic rings. The fraction of sp³-hybridized carbons (Fsp3) is 0.889. The molecule has 3 nitrogen and oxygen atoms in total. The quantitative estimate of drug-likeness (QED) is 0.688. The van der Waals surface area contributed by atoms with Crippen LogP contribution in [0.25, 0.3) is 0 Å². The van der Waals surface area contributed by atoms with Crippen molar-refractivity contribution >= 4 is 17.7 Å². The normalized spacial score (nSPS) is 30.3. The molecule has 13 heavy (non-hydrogen) atoms. The Morgan fingerprint density at radius 3 is 2.69 bits per heavy atom. The number of nitrogens with two attached hydrogens (primary N) is 1. The van der Waals surface area contributed by atoms with E-state index >= 15 is 0 Å². The van der Waals surface area contributed by atoms with Gasteiger partial charge in [0, 0.05) is 6.04 Å². The molecule has 1 aliphatic carbocycles. The fourth-order valence-corrected chi connectivity index (χ4v) is 3.07. The number of carbonyl (C=O) groups is 1. The lowest BCUT2D eigenvalue weighted by Gasteiger charge is -2.20. The number of rotatable bonds is 4. The first-order valence-electron chi connectivity index (χ1n) is 4.90. The van der Waals surface area contributed by atoms with Crippen LogP contribution in [0.1, 0.15) is 19.3 Å². The first kappa shape index (κ1) is 9.34. The SMILES string of the molecule is NC(=O)C(NC1CC1)C1CCSC1. The van der Waals surface area contributed by atoms with Crippen molar-refractivity contribution in [2.45, 2.75) is 31.3 Å². The van der Waals surface area contributed by atoms with E-state index in [0.717, 1.165) is 12.2 Å². The maximum absolute atomic E-state index is 11.2. The lowest BCUT2D eigenvalue weighted by atomic mass is 9.98. The highest BCUT2D eigenvalue weighted by atomic mass is 32.2. The van der Waals surface area contributed by atoms with Crippen molar-refractivity contribution in [3.8, 4) is 0 Å². The van der Waals surface area contributed by atoms with Gasteiger partial charge in [-0.3, -0.25) is 4.79 Å². The number of hydrogen-bond donors (Lipinski definition) is 2. The van der Waals surface area contributed by atoms with Crippen LogP contribution in [-0.4, -0.2) is 29.5 Å². The van der Waals surface area contributed by atoms with Gasteiger partial charge in [-0.1, -0.05) is 0 Å². The number of thioether (sulfide) groups is 1. The monoisotopic (exact) mass is 200 g/mol. The van der Waals surface area contributed by atoms with Crippen molar-refractivity contribution < 1.29 is 4.79 Å². The summed E-state index contributed by atoms with van der Waals surface area (Å²) in [7, 11) is 0. The number of carbonyl (C=O) groups excluding carboxylic acids is 1. The van der Waals surface area contributed by atoms with E-state index in [-0.39, 0.29) is 11.9 Å². The summed E-state index contributed by atoms with van der Waals surface area (Å²) in [6.45, 7) is 0. The molecule has 2 rings (SSSR count). The van der Waals surface area contributed by atoms with Crippen molar-refractivity contribution in [2.24, 2.45) is 11.7 Å². The second-order valence-corrected chi connectivity index (χ2v) is 5.09. The molecule has 2 unspecified atom stereocenters. The van der Waals surface area contributed by atoms with Gasteiger partial charge in [-0.15, -0.1) is 0 Å². The maximum atomic E-state index is 11.2. The summed E-state index contributed by atoms with van der Waals surface area (Å²) in [5.74, 6) is 2.58. The molecule has 74 valence electrons. The lowest BCUT2D eigenvalue weighted by molar-refractivity contribution is -0.121. The van der Waals surface area contributed by atoms with Gasteiger partial charge in [0.15, 0.2) is 0 Å². The maximum Gasteiger partial charge on any atom is 0.234 e.